The number of nitrogens with zero attached hydrogens (tertiary/aromatic N) is 2. The molecule has 1 fully saturated rings. The molecule has 1 heterocycles. The highest BCUT2D eigenvalue weighted by molar-refractivity contribution is 8.00. The van der Waals surface area contributed by atoms with Gasteiger partial charge in [-0.3, -0.25) is 4.68 Å². The van der Waals surface area contributed by atoms with E-state index in [4.69, 9.17) is 0 Å². The third-order valence-electron chi connectivity index (χ3n) is 4.16. The number of rotatable bonds is 6. The van der Waals surface area contributed by atoms with Crippen LogP contribution in [0.15, 0.2) is 12.4 Å². The monoisotopic (exact) mass is 267 g/mol. The second kappa shape index (κ2) is 6.11. The molecule has 1 unspecified atom stereocenters. The molecule has 1 aliphatic carbocycles. The molecular weight excluding hydrogens is 242 g/mol. The van der Waals surface area contributed by atoms with E-state index in [0.717, 1.165) is 13.1 Å². The van der Waals surface area contributed by atoms with Gasteiger partial charge in [0.05, 0.1) is 6.20 Å². The highest BCUT2D eigenvalue weighted by Gasteiger charge is 2.32. The van der Waals surface area contributed by atoms with Crippen LogP contribution in [0.3, 0.4) is 0 Å². The average molecular weight is 267 g/mol. The number of nitrogens with one attached hydrogen (secondary N) is 1. The fraction of sp³-hybridized carbons (Fsp3) is 0.786. The Morgan fingerprint density at radius 1 is 1.50 bits per heavy atom. The van der Waals surface area contributed by atoms with Gasteiger partial charge in [0.1, 0.15) is 0 Å². The highest BCUT2D eigenvalue weighted by atomic mass is 32.2. The lowest BCUT2D eigenvalue weighted by Gasteiger charge is -2.28. The van der Waals surface area contributed by atoms with Gasteiger partial charge in [0.25, 0.3) is 0 Å². The van der Waals surface area contributed by atoms with Crippen molar-refractivity contribution >= 4 is 11.8 Å². The number of aromatic nitrogens is 2. The SMILES string of the molecule is CCn1cc(C(C)NCC2(SC)CCCC2)cn1. The number of hydrogen-bond donors (Lipinski definition) is 1. The summed E-state index contributed by atoms with van der Waals surface area (Å²) >= 11 is 2.04. The van der Waals surface area contributed by atoms with E-state index >= 15 is 0 Å². The van der Waals surface area contributed by atoms with Crippen molar-refractivity contribution in [3.63, 3.8) is 0 Å². The molecule has 1 atom stereocenters. The van der Waals surface area contributed by atoms with E-state index < -0.39 is 0 Å². The molecule has 102 valence electrons. The first-order valence-electron chi connectivity index (χ1n) is 7.00. The van der Waals surface area contributed by atoms with Gasteiger partial charge in [-0.15, -0.1) is 0 Å². The first-order valence-corrected chi connectivity index (χ1v) is 8.22. The molecule has 18 heavy (non-hydrogen) atoms. The summed E-state index contributed by atoms with van der Waals surface area (Å²) in [6.45, 7) is 6.42. The smallest absolute Gasteiger partial charge is 0.0537 e. The Bertz CT molecular complexity index is 369. The van der Waals surface area contributed by atoms with Crippen molar-refractivity contribution < 1.29 is 0 Å². The van der Waals surface area contributed by atoms with Crippen LogP contribution in [0.4, 0.5) is 0 Å². The Kier molecular flexibility index (Phi) is 4.73. The molecule has 0 bridgehead atoms. The van der Waals surface area contributed by atoms with Crippen molar-refractivity contribution in [2.75, 3.05) is 12.8 Å². The third kappa shape index (κ3) is 3.09. The van der Waals surface area contributed by atoms with Gasteiger partial charge in [-0.2, -0.15) is 16.9 Å². The van der Waals surface area contributed by atoms with Crippen LogP contribution in [0.25, 0.3) is 0 Å². The first-order chi connectivity index (χ1) is 8.69. The maximum absolute atomic E-state index is 4.34. The Balaban J connectivity index is 1.89. The molecule has 1 N–H and O–H groups in total. The van der Waals surface area contributed by atoms with Crippen molar-refractivity contribution in [3.05, 3.63) is 18.0 Å². The van der Waals surface area contributed by atoms with E-state index in [1.807, 2.05) is 22.6 Å². The van der Waals surface area contributed by atoms with Gasteiger partial charge in [0, 0.05) is 35.6 Å². The summed E-state index contributed by atoms with van der Waals surface area (Å²) in [5, 5.41) is 8.04. The van der Waals surface area contributed by atoms with Gasteiger partial charge in [-0.1, -0.05) is 12.8 Å². The lowest BCUT2D eigenvalue weighted by Crippen LogP contribution is -2.36. The Morgan fingerprint density at radius 2 is 2.22 bits per heavy atom. The predicted octanol–water partition coefficient (Wildman–Crippen LogP) is 3.23. The van der Waals surface area contributed by atoms with Crippen LogP contribution >= 0.6 is 11.8 Å². The zero-order valence-electron chi connectivity index (χ0n) is 11.8. The lowest BCUT2D eigenvalue weighted by molar-refractivity contribution is 0.486. The van der Waals surface area contributed by atoms with E-state index in [1.165, 1.54) is 31.2 Å². The minimum Gasteiger partial charge on any atom is -0.309 e. The van der Waals surface area contributed by atoms with E-state index in [-0.39, 0.29) is 0 Å². The van der Waals surface area contributed by atoms with E-state index in [2.05, 4.69) is 36.7 Å². The van der Waals surface area contributed by atoms with Crippen LogP contribution < -0.4 is 5.32 Å². The van der Waals surface area contributed by atoms with Crippen LogP contribution in [-0.4, -0.2) is 27.3 Å². The average Bonchev–Trinajstić information content (AvgIpc) is 3.05. The number of aryl methyl sites for hydroxylation is 1. The molecular formula is C14H25N3S. The van der Waals surface area contributed by atoms with Crippen LogP contribution in [0.1, 0.15) is 51.1 Å². The Morgan fingerprint density at radius 3 is 2.78 bits per heavy atom. The molecule has 0 saturated heterocycles. The molecule has 1 aromatic heterocycles. The van der Waals surface area contributed by atoms with E-state index in [0.29, 0.717) is 10.8 Å². The van der Waals surface area contributed by atoms with Crippen molar-refractivity contribution in [1.82, 2.24) is 15.1 Å². The van der Waals surface area contributed by atoms with Crippen molar-refractivity contribution in [3.8, 4) is 0 Å². The summed E-state index contributed by atoms with van der Waals surface area (Å²) < 4.78 is 2.47. The molecule has 0 aliphatic heterocycles. The van der Waals surface area contributed by atoms with Crippen molar-refractivity contribution in [2.24, 2.45) is 0 Å². The largest absolute Gasteiger partial charge is 0.309 e. The molecule has 2 rings (SSSR count). The molecule has 0 aromatic carbocycles. The lowest BCUT2D eigenvalue weighted by atomic mass is 10.1. The Hall–Kier alpha value is -0.480. The van der Waals surface area contributed by atoms with E-state index in [1.54, 1.807) is 0 Å². The molecule has 0 amide bonds. The fourth-order valence-corrected chi connectivity index (χ4v) is 3.63. The van der Waals surface area contributed by atoms with Gasteiger partial charge in [-0.25, -0.2) is 0 Å². The van der Waals surface area contributed by atoms with Crippen molar-refractivity contribution in [1.29, 1.82) is 0 Å². The van der Waals surface area contributed by atoms with Crippen molar-refractivity contribution in [2.45, 2.75) is 56.9 Å². The van der Waals surface area contributed by atoms with Gasteiger partial charge in [0.15, 0.2) is 0 Å². The van der Waals surface area contributed by atoms with E-state index in [9.17, 15) is 0 Å². The van der Waals surface area contributed by atoms with Gasteiger partial charge >= 0.3 is 0 Å². The minimum atomic E-state index is 0.398. The first kappa shape index (κ1) is 13.9. The third-order valence-corrected chi connectivity index (χ3v) is 5.57. The Labute approximate surface area is 115 Å². The number of thioether (sulfide) groups is 1. The van der Waals surface area contributed by atoms with Crippen LogP contribution in [0, 0.1) is 0 Å². The molecule has 0 spiro atoms. The second-order valence-corrected chi connectivity index (χ2v) is 6.60. The molecule has 1 aliphatic rings. The van der Waals surface area contributed by atoms with Gasteiger partial charge < -0.3 is 5.32 Å². The summed E-state index contributed by atoms with van der Waals surface area (Å²) in [6, 6.07) is 0.398. The number of hydrogen-bond acceptors (Lipinski definition) is 3. The maximum atomic E-state index is 4.34. The molecule has 1 aromatic rings. The van der Waals surface area contributed by atoms with Gasteiger partial charge in [-0.05, 0) is 32.9 Å². The molecule has 1 saturated carbocycles. The minimum absolute atomic E-state index is 0.398. The van der Waals surface area contributed by atoms with Crippen LogP contribution in [0.2, 0.25) is 0 Å². The fourth-order valence-electron chi connectivity index (χ4n) is 2.71. The standard InChI is InChI=1S/C14H25N3S/c1-4-17-10-13(9-16-17)12(2)15-11-14(18-3)7-5-6-8-14/h9-10,12,15H,4-8,11H2,1-3H3. The van der Waals surface area contributed by atoms with Crippen LogP contribution in [0.5, 0.6) is 0 Å². The molecule has 0 radical (unpaired) electrons. The second-order valence-electron chi connectivity index (χ2n) is 5.33. The summed E-state index contributed by atoms with van der Waals surface area (Å²) in [5.41, 5.74) is 1.30. The van der Waals surface area contributed by atoms with Gasteiger partial charge in [0.2, 0.25) is 0 Å². The quantitative estimate of drug-likeness (QED) is 0.858. The molecule has 3 nitrogen and oxygen atoms in total. The summed E-state index contributed by atoms with van der Waals surface area (Å²) in [5.74, 6) is 0. The molecule has 4 heteroatoms. The summed E-state index contributed by atoms with van der Waals surface area (Å²) in [4.78, 5) is 0. The highest BCUT2D eigenvalue weighted by Crippen LogP contribution is 2.39. The predicted molar refractivity (Wildman–Crippen MR) is 79.0 cm³/mol. The summed E-state index contributed by atoms with van der Waals surface area (Å²) in [7, 11) is 0. The normalized spacial score (nSPS) is 20.2. The van der Waals surface area contributed by atoms with Crippen LogP contribution in [-0.2, 0) is 6.54 Å². The topological polar surface area (TPSA) is 29.9 Å². The zero-order valence-corrected chi connectivity index (χ0v) is 12.6. The zero-order chi connectivity index (χ0) is 13.0. The maximum Gasteiger partial charge on any atom is 0.0537 e. The summed E-state index contributed by atoms with van der Waals surface area (Å²) in [6.07, 6.45) is 11.9.